The van der Waals surface area contributed by atoms with Crippen molar-refractivity contribution in [2.24, 2.45) is 0 Å². The Labute approximate surface area is 130 Å². The second-order valence-corrected chi connectivity index (χ2v) is 5.44. The Morgan fingerprint density at radius 2 is 2.17 bits per heavy atom. The number of anilines is 1. The maximum Gasteiger partial charge on any atom is 0.330 e. The average molecular weight is 335 g/mol. The highest BCUT2D eigenvalue weighted by Gasteiger charge is 2.40. The summed E-state index contributed by atoms with van der Waals surface area (Å²) in [5.74, 6) is -4.52. The van der Waals surface area contributed by atoms with Crippen molar-refractivity contribution in [1.82, 2.24) is 0 Å². The number of carbonyl (C=O) groups is 1. The third-order valence-corrected chi connectivity index (χ3v) is 3.32. The molecule has 2 atom stereocenters. The third kappa shape index (κ3) is 4.82. The van der Waals surface area contributed by atoms with E-state index in [4.69, 9.17) is 4.74 Å². The van der Waals surface area contributed by atoms with E-state index in [9.17, 15) is 22.4 Å². The van der Waals surface area contributed by atoms with Crippen molar-refractivity contribution in [3.63, 3.8) is 0 Å². The number of halogens is 4. The summed E-state index contributed by atoms with van der Waals surface area (Å²) in [7, 11) is 0. The van der Waals surface area contributed by atoms with Crippen LogP contribution in [0.4, 0.5) is 23.2 Å². The van der Waals surface area contributed by atoms with Gasteiger partial charge in [-0.1, -0.05) is 12.1 Å². The summed E-state index contributed by atoms with van der Waals surface area (Å²) in [5, 5.41) is 2.99. The van der Waals surface area contributed by atoms with E-state index in [0.717, 1.165) is 0 Å². The minimum Gasteiger partial charge on any atom is -0.461 e. The largest absolute Gasteiger partial charge is 0.461 e. The van der Waals surface area contributed by atoms with Crippen molar-refractivity contribution in [2.75, 3.05) is 11.9 Å². The van der Waals surface area contributed by atoms with Gasteiger partial charge in [-0.2, -0.15) is 8.78 Å². The summed E-state index contributed by atoms with van der Waals surface area (Å²) in [6.45, 7) is 0.200. The van der Waals surface area contributed by atoms with Crippen LogP contribution in [0.3, 0.4) is 0 Å². The van der Waals surface area contributed by atoms with Gasteiger partial charge in [0.1, 0.15) is 18.8 Å². The Kier molecular flexibility index (Phi) is 5.46. The highest BCUT2D eigenvalue weighted by molar-refractivity contribution is 5.81. The SMILES string of the molecule is C[C@H]1C[C@H](Nc2cccc(COCC(F)(F)C(F)F)c2)C(=O)O1. The first-order valence-electron chi connectivity index (χ1n) is 7.07. The Hall–Kier alpha value is -1.83. The number of benzene rings is 1. The van der Waals surface area contributed by atoms with Crippen LogP contribution in [0.2, 0.25) is 0 Å². The molecule has 23 heavy (non-hydrogen) atoms. The van der Waals surface area contributed by atoms with Crippen molar-refractivity contribution >= 4 is 11.7 Å². The summed E-state index contributed by atoms with van der Waals surface area (Å²) in [6.07, 6.45) is -3.39. The minimum absolute atomic E-state index is 0.164. The average Bonchev–Trinajstić information content (AvgIpc) is 2.77. The van der Waals surface area contributed by atoms with Crippen molar-refractivity contribution in [1.29, 1.82) is 0 Å². The molecule has 2 rings (SSSR count). The third-order valence-electron chi connectivity index (χ3n) is 3.32. The van der Waals surface area contributed by atoms with Gasteiger partial charge < -0.3 is 14.8 Å². The van der Waals surface area contributed by atoms with Gasteiger partial charge >= 0.3 is 18.3 Å². The second-order valence-electron chi connectivity index (χ2n) is 5.44. The Morgan fingerprint density at radius 1 is 1.43 bits per heavy atom. The van der Waals surface area contributed by atoms with Gasteiger partial charge in [0.2, 0.25) is 0 Å². The lowest BCUT2D eigenvalue weighted by atomic mass is 10.1. The molecule has 1 aliphatic heterocycles. The summed E-state index contributed by atoms with van der Waals surface area (Å²) in [4.78, 5) is 11.6. The molecule has 1 saturated heterocycles. The van der Waals surface area contributed by atoms with Crippen LogP contribution >= 0.6 is 0 Å². The molecule has 8 heteroatoms. The fourth-order valence-corrected chi connectivity index (χ4v) is 2.19. The van der Waals surface area contributed by atoms with Crippen molar-refractivity contribution < 1.29 is 31.8 Å². The number of ether oxygens (including phenoxy) is 2. The highest BCUT2D eigenvalue weighted by atomic mass is 19.3. The molecule has 0 unspecified atom stereocenters. The standard InChI is InChI=1S/C15H17F4NO3/c1-9-5-12(13(21)23-9)20-11-4-2-3-10(6-11)7-22-8-15(18,19)14(16)17/h2-4,6,9,12,14,20H,5,7-8H2,1H3/t9-,12-/m0/s1. The normalized spacial score (nSPS) is 21.6. The van der Waals surface area contributed by atoms with Gasteiger partial charge in [0.25, 0.3) is 0 Å². The molecule has 1 heterocycles. The second kappa shape index (κ2) is 7.16. The maximum atomic E-state index is 12.7. The molecule has 0 aromatic heterocycles. The summed E-state index contributed by atoms with van der Waals surface area (Å²) < 4.78 is 59.2. The Bertz CT molecular complexity index is 553. The smallest absolute Gasteiger partial charge is 0.330 e. The quantitative estimate of drug-likeness (QED) is 0.614. The summed E-state index contributed by atoms with van der Waals surface area (Å²) in [5.41, 5.74) is 1.13. The van der Waals surface area contributed by atoms with Crippen LogP contribution in [0, 0.1) is 0 Å². The molecule has 1 aliphatic rings. The minimum atomic E-state index is -4.17. The van der Waals surface area contributed by atoms with Crippen molar-refractivity contribution in [3.05, 3.63) is 29.8 Å². The molecule has 4 nitrogen and oxygen atoms in total. The van der Waals surface area contributed by atoms with Crippen LogP contribution in [0.5, 0.6) is 0 Å². The Balaban J connectivity index is 1.89. The van der Waals surface area contributed by atoms with E-state index < -0.39 is 25.0 Å². The fraction of sp³-hybridized carbons (Fsp3) is 0.533. The number of hydrogen-bond acceptors (Lipinski definition) is 4. The van der Waals surface area contributed by atoms with Crippen LogP contribution in [-0.2, 0) is 20.9 Å². The number of carbonyl (C=O) groups excluding carboxylic acids is 1. The molecule has 1 aromatic carbocycles. The van der Waals surface area contributed by atoms with Gasteiger partial charge in [0, 0.05) is 12.1 Å². The van der Waals surface area contributed by atoms with Crippen molar-refractivity contribution in [3.8, 4) is 0 Å². The molecule has 128 valence electrons. The van der Waals surface area contributed by atoms with Gasteiger partial charge in [-0.05, 0) is 24.6 Å². The predicted octanol–water partition coefficient (Wildman–Crippen LogP) is 3.22. The molecule has 0 amide bonds. The van der Waals surface area contributed by atoms with E-state index in [0.29, 0.717) is 17.7 Å². The van der Waals surface area contributed by atoms with E-state index in [1.807, 2.05) is 0 Å². The van der Waals surface area contributed by atoms with Crippen LogP contribution < -0.4 is 5.32 Å². The molecule has 0 spiro atoms. The van der Waals surface area contributed by atoms with E-state index in [1.54, 1.807) is 31.2 Å². The number of cyclic esters (lactones) is 1. The molecule has 0 radical (unpaired) electrons. The first-order valence-corrected chi connectivity index (χ1v) is 7.07. The van der Waals surface area contributed by atoms with Gasteiger partial charge in [0.05, 0.1) is 6.61 Å². The predicted molar refractivity (Wildman–Crippen MR) is 74.6 cm³/mol. The highest BCUT2D eigenvalue weighted by Crippen LogP contribution is 2.24. The zero-order valence-corrected chi connectivity index (χ0v) is 12.4. The molecule has 0 aliphatic carbocycles. The van der Waals surface area contributed by atoms with Crippen LogP contribution in [0.1, 0.15) is 18.9 Å². The van der Waals surface area contributed by atoms with Gasteiger partial charge in [-0.15, -0.1) is 0 Å². The molecule has 1 aromatic rings. The topological polar surface area (TPSA) is 47.6 Å². The van der Waals surface area contributed by atoms with Crippen LogP contribution in [0.25, 0.3) is 0 Å². The molecule has 1 N–H and O–H groups in total. The van der Waals surface area contributed by atoms with E-state index in [-0.39, 0.29) is 18.7 Å². The number of alkyl halides is 4. The molecule has 0 bridgehead atoms. The lowest BCUT2D eigenvalue weighted by Crippen LogP contribution is -2.32. The van der Waals surface area contributed by atoms with Crippen LogP contribution in [-0.4, -0.2) is 37.1 Å². The fourth-order valence-electron chi connectivity index (χ4n) is 2.19. The Morgan fingerprint density at radius 3 is 2.78 bits per heavy atom. The lowest BCUT2D eigenvalue weighted by Gasteiger charge is -2.16. The number of rotatable bonds is 7. The molecular formula is C15H17F4NO3. The molecule has 1 fully saturated rings. The first kappa shape index (κ1) is 17.5. The van der Waals surface area contributed by atoms with E-state index in [1.165, 1.54) is 0 Å². The van der Waals surface area contributed by atoms with Gasteiger partial charge in [-0.3, -0.25) is 0 Å². The zero-order valence-electron chi connectivity index (χ0n) is 12.4. The summed E-state index contributed by atoms with van der Waals surface area (Å²) >= 11 is 0. The van der Waals surface area contributed by atoms with Gasteiger partial charge in [0.15, 0.2) is 0 Å². The van der Waals surface area contributed by atoms with E-state index >= 15 is 0 Å². The number of nitrogens with one attached hydrogen (secondary N) is 1. The number of esters is 1. The number of hydrogen-bond donors (Lipinski definition) is 1. The first-order chi connectivity index (χ1) is 10.8. The molecule has 0 saturated carbocycles. The van der Waals surface area contributed by atoms with Crippen LogP contribution in [0.15, 0.2) is 24.3 Å². The van der Waals surface area contributed by atoms with Gasteiger partial charge in [-0.25, -0.2) is 13.6 Å². The maximum absolute atomic E-state index is 12.7. The molecular weight excluding hydrogens is 318 g/mol. The van der Waals surface area contributed by atoms with E-state index in [2.05, 4.69) is 10.1 Å². The summed E-state index contributed by atoms with van der Waals surface area (Å²) in [6, 6.07) is 6.10. The lowest BCUT2D eigenvalue weighted by molar-refractivity contribution is -0.168. The zero-order chi connectivity index (χ0) is 17.0. The van der Waals surface area contributed by atoms with Crippen molar-refractivity contribution in [2.45, 2.75) is 44.4 Å². The monoisotopic (exact) mass is 335 g/mol.